The third-order valence-corrected chi connectivity index (χ3v) is 4.22. The average molecular weight is 388 g/mol. The maximum absolute atomic E-state index is 12.4. The van der Waals surface area contributed by atoms with Gasteiger partial charge in [-0.15, -0.1) is 0 Å². The summed E-state index contributed by atoms with van der Waals surface area (Å²) in [6.07, 6.45) is 1.65. The molecular formula is C18H11Cl2N3O3. The topological polar surface area (TPSA) is 85.1 Å². The number of nitrogens with zero attached hydrogens (tertiary/aromatic N) is 2. The number of hydrogen-bond donors (Lipinski definition) is 1. The number of carbonyl (C=O) groups excluding carboxylic acids is 1. The molecule has 0 saturated heterocycles. The molecule has 1 heterocycles. The number of aromatic nitrogens is 1. The first-order valence-corrected chi connectivity index (χ1v) is 8.17. The number of benzene rings is 2. The zero-order valence-electron chi connectivity index (χ0n) is 13.1. The molecule has 1 N–H and O–H groups in total. The first kappa shape index (κ1) is 17.8. The molecule has 2 aromatic carbocycles. The fourth-order valence-corrected chi connectivity index (χ4v) is 2.80. The van der Waals surface area contributed by atoms with Gasteiger partial charge in [-0.1, -0.05) is 29.3 Å². The standard InChI is InChI=1S/C18H11Cl2N3O3/c19-15-7-4-11(9-14(15)17-3-1-2-8-21-17)22-18(24)13-6-5-12(23(25)26)10-16(13)20/h1-10H,(H,22,24). The van der Waals surface area contributed by atoms with Gasteiger partial charge >= 0.3 is 0 Å². The summed E-state index contributed by atoms with van der Waals surface area (Å²) in [6, 6.07) is 14.1. The second kappa shape index (κ2) is 7.51. The molecule has 0 unspecified atom stereocenters. The van der Waals surface area contributed by atoms with Crippen molar-refractivity contribution in [1.29, 1.82) is 0 Å². The number of rotatable bonds is 4. The fourth-order valence-electron chi connectivity index (χ4n) is 2.32. The molecule has 0 bridgehead atoms. The van der Waals surface area contributed by atoms with Crippen molar-refractivity contribution in [3.05, 3.63) is 86.5 Å². The Bertz CT molecular complexity index is 994. The lowest BCUT2D eigenvalue weighted by atomic mass is 10.1. The molecule has 0 spiro atoms. The molecule has 0 atom stereocenters. The number of anilines is 1. The largest absolute Gasteiger partial charge is 0.322 e. The zero-order chi connectivity index (χ0) is 18.7. The number of pyridine rings is 1. The smallest absolute Gasteiger partial charge is 0.270 e. The van der Waals surface area contributed by atoms with Crippen LogP contribution < -0.4 is 5.32 Å². The van der Waals surface area contributed by atoms with Gasteiger partial charge in [0, 0.05) is 29.6 Å². The van der Waals surface area contributed by atoms with Gasteiger partial charge in [0.05, 0.1) is 26.2 Å². The number of nitro benzene ring substituents is 1. The molecule has 0 aliphatic carbocycles. The highest BCUT2D eigenvalue weighted by Gasteiger charge is 2.16. The predicted molar refractivity (Wildman–Crippen MR) is 101 cm³/mol. The van der Waals surface area contributed by atoms with Crippen molar-refractivity contribution in [3.8, 4) is 11.3 Å². The molecule has 3 rings (SSSR count). The van der Waals surface area contributed by atoms with Crippen LogP contribution in [0.4, 0.5) is 11.4 Å². The maximum atomic E-state index is 12.4. The van der Waals surface area contributed by atoms with Gasteiger partial charge in [0.2, 0.25) is 0 Å². The first-order chi connectivity index (χ1) is 12.5. The van der Waals surface area contributed by atoms with Crippen molar-refractivity contribution in [2.24, 2.45) is 0 Å². The molecule has 1 amide bonds. The van der Waals surface area contributed by atoms with Crippen LogP contribution in [-0.2, 0) is 0 Å². The number of carbonyl (C=O) groups is 1. The number of amides is 1. The van der Waals surface area contributed by atoms with Crippen LogP contribution in [0, 0.1) is 10.1 Å². The molecule has 0 aliphatic rings. The second-order valence-corrected chi connectivity index (χ2v) is 6.10. The van der Waals surface area contributed by atoms with Crippen molar-refractivity contribution in [1.82, 2.24) is 4.98 Å². The Balaban J connectivity index is 1.88. The molecule has 0 radical (unpaired) electrons. The van der Waals surface area contributed by atoms with Crippen molar-refractivity contribution >= 4 is 40.5 Å². The van der Waals surface area contributed by atoms with Gasteiger partial charge < -0.3 is 5.32 Å². The highest BCUT2D eigenvalue weighted by molar-refractivity contribution is 6.35. The Morgan fingerprint density at radius 1 is 1.04 bits per heavy atom. The Kier molecular flexibility index (Phi) is 5.16. The van der Waals surface area contributed by atoms with E-state index in [1.54, 1.807) is 36.5 Å². The molecular weight excluding hydrogens is 377 g/mol. The van der Waals surface area contributed by atoms with E-state index in [9.17, 15) is 14.9 Å². The van der Waals surface area contributed by atoms with Crippen LogP contribution in [0.3, 0.4) is 0 Å². The fraction of sp³-hybridized carbons (Fsp3) is 0. The molecule has 8 heteroatoms. The van der Waals surface area contributed by atoms with Crippen molar-refractivity contribution in [2.75, 3.05) is 5.32 Å². The van der Waals surface area contributed by atoms with E-state index in [0.717, 1.165) is 6.07 Å². The molecule has 1 aromatic heterocycles. The monoisotopic (exact) mass is 387 g/mol. The van der Waals surface area contributed by atoms with Crippen LogP contribution >= 0.6 is 23.2 Å². The summed E-state index contributed by atoms with van der Waals surface area (Å²) >= 11 is 12.2. The quantitative estimate of drug-likeness (QED) is 0.491. The van der Waals surface area contributed by atoms with E-state index in [-0.39, 0.29) is 16.3 Å². The molecule has 0 aliphatic heterocycles. The first-order valence-electron chi connectivity index (χ1n) is 7.42. The van der Waals surface area contributed by atoms with Crippen molar-refractivity contribution in [2.45, 2.75) is 0 Å². The van der Waals surface area contributed by atoms with Crippen LogP contribution in [0.5, 0.6) is 0 Å². The summed E-state index contributed by atoms with van der Waals surface area (Å²) in [4.78, 5) is 26.9. The Hall–Kier alpha value is -2.96. The van der Waals surface area contributed by atoms with E-state index in [1.165, 1.54) is 12.1 Å². The number of nitro groups is 1. The van der Waals surface area contributed by atoms with Gasteiger partial charge in [0.25, 0.3) is 11.6 Å². The second-order valence-electron chi connectivity index (χ2n) is 5.28. The summed E-state index contributed by atoms with van der Waals surface area (Å²) in [7, 11) is 0. The Labute approximate surface area is 158 Å². The average Bonchev–Trinajstić information content (AvgIpc) is 2.63. The molecule has 130 valence electrons. The molecule has 0 fully saturated rings. The molecule has 3 aromatic rings. The lowest BCUT2D eigenvalue weighted by Gasteiger charge is -2.10. The van der Waals surface area contributed by atoms with Gasteiger partial charge in [0.15, 0.2) is 0 Å². The van der Waals surface area contributed by atoms with Crippen molar-refractivity contribution in [3.63, 3.8) is 0 Å². The third kappa shape index (κ3) is 3.82. The van der Waals surface area contributed by atoms with Crippen LogP contribution in [0.2, 0.25) is 10.0 Å². The van der Waals surface area contributed by atoms with Crippen LogP contribution in [0.15, 0.2) is 60.8 Å². The minimum atomic E-state index is -0.577. The third-order valence-electron chi connectivity index (χ3n) is 3.57. The normalized spacial score (nSPS) is 10.4. The summed E-state index contributed by atoms with van der Waals surface area (Å²) in [6.45, 7) is 0. The van der Waals surface area contributed by atoms with E-state index in [0.29, 0.717) is 22.0 Å². The van der Waals surface area contributed by atoms with Gasteiger partial charge in [0.1, 0.15) is 0 Å². The summed E-state index contributed by atoms with van der Waals surface area (Å²) in [5, 5.41) is 14.0. The minimum absolute atomic E-state index is 0.00406. The van der Waals surface area contributed by atoms with E-state index < -0.39 is 10.8 Å². The van der Waals surface area contributed by atoms with Crippen molar-refractivity contribution < 1.29 is 9.72 Å². The van der Waals surface area contributed by atoms with Crippen LogP contribution in [0.1, 0.15) is 10.4 Å². The number of nitrogens with one attached hydrogen (secondary N) is 1. The summed E-state index contributed by atoms with van der Waals surface area (Å²) in [5.41, 5.74) is 1.78. The lowest BCUT2D eigenvalue weighted by Crippen LogP contribution is -2.12. The molecule has 6 nitrogen and oxygen atoms in total. The van der Waals surface area contributed by atoms with E-state index in [1.807, 2.05) is 6.07 Å². The minimum Gasteiger partial charge on any atom is -0.322 e. The van der Waals surface area contributed by atoms with Crippen LogP contribution in [0.25, 0.3) is 11.3 Å². The SMILES string of the molecule is O=C(Nc1ccc(Cl)c(-c2ccccn2)c1)c1ccc([N+](=O)[O-])cc1Cl. The lowest BCUT2D eigenvalue weighted by molar-refractivity contribution is -0.384. The highest BCUT2D eigenvalue weighted by atomic mass is 35.5. The van der Waals surface area contributed by atoms with Crippen LogP contribution in [-0.4, -0.2) is 15.8 Å². The Morgan fingerprint density at radius 2 is 1.85 bits per heavy atom. The van der Waals surface area contributed by atoms with Gasteiger partial charge in [-0.3, -0.25) is 19.9 Å². The summed E-state index contributed by atoms with van der Waals surface area (Å²) in [5.74, 6) is -0.487. The van der Waals surface area contributed by atoms with Gasteiger partial charge in [-0.25, -0.2) is 0 Å². The summed E-state index contributed by atoms with van der Waals surface area (Å²) < 4.78 is 0. The highest BCUT2D eigenvalue weighted by Crippen LogP contribution is 2.30. The molecule has 0 saturated carbocycles. The molecule has 26 heavy (non-hydrogen) atoms. The van der Waals surface area contributed by atoms with Gasteiger partial charge in [-0.05, 0) is 36.4 Å². The number of hydrogen-bond acceptors (Lipinski definition) is 4. The maximum Gasteiger partial charge on any atom is 0.270 e. The van der Waals surface area contributed by atoms with E-state index >= 15 is 0 Å². The van der Waals surface area contributed by atoms with Gasteiger partial charge in [-0.2, -0.15) is 0 Å². The number of non-ortho nitro benzene ring substituents is 1. The van der Waals surface area contributed by atoms with E-state index in [2.05, 4.69) is 10.3 Å². The van der Waals surface area contributed by atoms with E-state index in [4.69, 9.17) is 23.2 Å². The zero-order valence-corrected chi connectivity index (χ0v) is 14.7. The predicted octanol–water partition coefficient (Wildman–Crippen LogP) is 5.22. The Morgan fingerprint density at radius 3 is 2.50 bits per heavy atom. The number of halogens is 2.